The number of ether oxygens (including phenoxy) is 2. The predicted molar refractivity (Wildman–Crippen MR) is 109 cm³/mol. The Balaban J connectivity index is 1.53. The molecule has 2 aliphatic heterocycles. The molecule has 0 saturated carbocycles. The maximum Gasteiger partial charge on any atom is 0.276 e. The summed E-state index contributed by atoms with van der Waals surface area (Å²) in [4.78, 5) is 2.31. The van der Waals surface area contributed by atoms with E-state index in [-0.39, 0.29) is 11.1 Å². The Hall–Kier alpha value is -2.03. The molecule has 1 aromatic carbocycles. The van der Waals surface area contributed by atoms with Crippen molar-refractivity contribution in [2.75, 3.05) is 33.9 Å². The maximum absolute atomic E-state index is 12.7. The maximum atomic E-state index is 12.7. The van der Waals surface area contributed by atoms with Gasteiger partial charge in [-0.25, -0.2) is 8.42 Å². The van der Waals surface area contributed by atoms with E-state index in [9.17, 15) is 8.42 Å². The number of sulfonamides is 1. The number of hydrogen-bond acceptors (Lipinski definition) is 6. The first kappa shape index (κ1) is 20.3. The van der Waals surface area contributed by atoms with Gasteiger partial charge in [0.1, 0.15) is 17.3 Å². The highest BCUT2D eigenvalue weighted by Crippen LogP contribution is 2.39. The van der Waals surface area contributed by atoms with E-state index in [4.69, 9.17) is 13.9 Å². The van der Waals surface area contributed by atoms with E-state index in [0.29, 0.717) is 25.4 Å². The quantitative estimate of drug-likeness (QED) is 0.684. The van der Waals surface area contributed by atoms with Crippen molar-refractivity contribution in [1.82, 2.24) is 9.21 Å². The highest BCUT2D eigenvalue weighted by Gasteiger charge is 2.32. The summed E-state index contributed by atoms with van der Waals surface area (Å²) in [5, 5.41) is 0.0455. The zero-order valence-corrected chi connectivity index (χ0v) is 17.8. The van der Waals surface area contributed by atoms with Crippen LogP contribution in [0, 0.1) is 0 Å². The molecule has 2 aliphatic rings. The van der Waals surface area contributed by atoms with Crippen molar-refractivity contribution in [3.8, 4) is 11.5 Å². The third-order valence-electron chi connectivity index (χ3n) is 5.81. The smallest absolute Gasteiger partial charge is 0.276 e. The average Bonchev–Trinajstić information content (AvgIpc) is 3.49. The number of nitrogens with zero attached hydrogens (tertiary/aromatic N) is 2. The van der Waals surface area contributed by atoms with Crippen LogP contribution in [0.2, 0.25) is 0 Å². The molecule has 0 radical (unpaired) electrons. The lowest BCUT2D eigenvalue weighted by molar-refractivity contribution is 0.217. The van der Waals surface area contributed by atoms with Gasteiger partial charge < -0.3 is 13.9 Å². The Morgan fingerprint density at radius 1 is 1.03 bits per heavy atom. The summed E-state index contributed by atoms with van der Waals surface area (Å²) >= 11 is 0. The van der Waals surface area contributed by atoms with Crippen LogP contribution >= 0.6 is 0 Å². The van der Waals surface area contributed by atoms with E-state index in [1.165, 1.54) is 4.31 Å². The molecule has 0 aliphatic carbocycles. The molecule has 1 unspecified atom stereocenters. The van der Waals surface area contributed by atoms with Gasteiger partial charge in [0.25, 0.3) is 10.0 Å². The normalized spacial score (nSPS) is 21.0. The predicted octanol–water partition coefficient (Wildman–Crippen LogP) is 3.42. The van der Waals surface area contributed by atoms with Crippen LogP contribution in [-0.4, -0.2) is 51.5 Å². The molecule has 4 rings (SSSR count). The van der Waals surface area contributed by atoms with Crippen molar-refractivity contribution in [2.24, 2.45) is 0 Å². The topological polar surface area (TPSA) is 72.2 Å². The van der Waals surface area contributed by atoms with Gasteiger partial charge in [-0.15, -0.1) is 0 Å². The molecule has 0 N–H and O–H groups in total. The second-order valence-corrected chi connectivity index (χ2v) is 9.44. The first-order chi connectivity index (χ1) is 14.0. The first-order valence-electron chi connectivity index (χ1n) is 10.1. The van der Waals surface area contributed by atoms with Gasteiger partial charge in [-0.2, -0.15) is 4.31 Å². The van der Waals surface area contributed by atoms with Crippen LogP contribution in [0.5, 0.6) is 11.5 Å². The van der Waals surface area contributed by atoms with E-state index >= 15 is 0 Å². The molecule has 29 heavy (non-hydrogen) atoms. The number of likely N-dealkylation sites (tertiary alicyclic amines) is 1. The molecule has 2 saturated heterocycles. The number of methoxy groups -OCH3 is 2. The van der Waals surface area contributed by atoms with Gasteiger partial charge >= 0.3 is 0 Å². The van der Waals surface area contributed by atoms with Crippen LogP contribution in [-0.2, 0) is 16.6 Å². The molecule has 0 amide bonds. The van der Waals surface area contributed by atoms with Crippen molar-refractivity contribution < 1.29 is 22.3 Å². The lowest BCUT2D eigenvalue weighted by Crippen LogP contribution is -2.27. The van der Waals surface area contributed by atoms with Gasteiger partial charge in [-0.05, 0) is 62.6 Å². The van der Waals surface area contributed by atoms with Crippen molar-refractivity contribution in [3.63, 3.8) is 0 Å². The largest absolute Gasteiger partial charge is 0.497 e. The molecule has 0 bridgehead atoms. The van der Waals surface area contributed by atoms with Crippen LogP contribution in [0.1, 0.15) is 43.0 Å². The molecule has 2 fully saturated rings. The monoisotopic (exact) mass is 420 g/mol. The number of rotatable bonds is 7. The fraction of sp³-hybridized carbons (Fsp3) is 0.524. The Morgan fingerprint density at radius 2 is 1.83 bits per heavy atom. The van der Waals surface area contributed by atoms with E-state index in [1.807, 2.05) is 18.2 Å². The lowest BCUT2D eigenvalue weighted by atomic mass is 10.0. The molecule has 0 spiro atoms. The number of benzene rings is 1. The third kappa shape index (κ3) is 4.01. The Morgan fingerprint density at radius 3 is 2.55 bits per heavy atom. The summed E-state index contributed by atoms with van der Waals surface area (Å²) in [5.74, 6) is 2.29. The Bertz CT molecular complexity index is 950. The van der Waals surface area contributed by atoms with Gasteiger partial charge in [0.05, 0.1) is 20.8 Å². The van der Waals surface area contributed by atoms with Gasteiger partial charge in [-0.1, -0.05) is 0 Å². The van der Waals surface area contributed by atoms with Crippen LogP contribution < -0.4 is 9.47 Å². The molecular weight excluding hydrogens is 392 g/mol. The average molecular weight is 421 g/mol. The van der Waals surface area contributed by atoms with Gasteiger partial charge in [0.2, 0.25) is 5.09 Å². The van der Waals surface area contributed by atoms with Crippen molar-refractivity contribution >= 4 is 10.0 Å². The molecule has 1 atom stereocenters. The first-order valence-corrected chi connectivity index (χ1v) is 11.5. The molecule has 2 aromatic rings. The molecule has 1 aromatic heterocycles. The highest BCUT2D eigenvalue weighted by atomic mass is 32.2. The summed E-state index contributed by atoms with van der Waals surface area (Å²) in [6, 6.07) is 9.38. The molecule has 7 nitrogen and oxygen atoms in total. The Kier molecular flexibility index (Phi) is 5.85. The minimum absolute atomic E-state index is 0.0455. The van der Waals surface area contributed by atoms with E-state index in [0.717, 1.165) is 49.3 Å². The fourth-order valence-corrected chi connectivity index (χ4v) is 5.75. The minimum Gasteiger partial charge on any atom is -0.497 e. The van der Waals surface area contributed by atoms with Gasteiger partial charge in [-0.3, -0.25) is 4.90 Å². The van der Waals surface area contributed by atoms with Crippen LogP contribution in [0.25, 0.3) is 0 Å². The van der Waals surface area contributed by atoms with Crippen molar-refractivity contribution in [2.45, 2.75) is 43.4 Å². The second-order valence-electron chi connectivity index (χ2n) is 7.57. The van der Waals surface area contributed by atoms with E-state index in [1.54, 1.807) is 26.4 Å². The van der Waals surface area contributed by atoms with Gasteiger partial charge in [0.15, 0.2) is 0 Å². The number of furan rings is 1. The molecule has 3 heterocycles. The number of hydrogen-bond donors (Lipinski definition) is 0. The highest BCUT2D eigenvalue weighted by molar-refractivity contribution is 7.89. The van der Waals surface area contributed by atoms with Crippen molar-refractivity contribution in [1.29, 1.82) is 0 Å². The summed E-state index contributed by atoms with van der Waals surface area (Å²) in [7, 11) is -0.196. The van der Waals surface area contributed by atoms with E-state index < -0.39 is 10.0 Å². The molecule has 8 heteroatoms. The van der Waals surface area contributed by atoms with Crippen LogP contribution in [0.15, 0.2) is 39.8 Å². The van der Waals surface area contributed by atoms with Gasteiger partial charge in [0, 0.05) is 24.7 Å². The molecule has 158 valence electrons. The SMILES string of the molecule is COc1ccc(OC)c(C2CCCN2Cc2ccc(S(=O)(=O)N3CCCC3)o2)c1. The third-order valence-corrected chi connectivity index (χ3v) is 7.59. The lowest BCUT2D eigenvalue weighted by Gasteiger charge is -2.25. The summed E-state index contributed by atoms with van der Waals surface area (Å²) in [6.07, 6.45) is 3.88. The molecular formula is C21H28N2O5S. The summed E-state index contributed by atoms with van der Waals surface area (Å²) < 4.78 is 43.7. The van der Waals surface area contributed by atoms with Crippen LogP contribution in [0.3, 0.4) is 0 Å². The second kappa shape index (κ2) is 8.38. The minimum atomic E-state index is -3.53. The fourth-order valence-electron chi connectivity index (χ4n) is 4.31. The van der Waals surface area contributed by atoms with Crippen molar-refractivity contribution in [3.05, 3.63) is 41.7 Å². The zero-order valence-electron chi connectivity index (χ0n) is 17.0. The van der Waals surface area contributed by atoms with E-state index in [2.05, 4.69) is 4.90 Å². The summed E-state index contributed by atoms with van der Waals surface area (Å²) in [6.45, 7) is 2.62. The standard InChI is InChI=1S/C21H28N2O5S/c1-26-16-7-9-20(27-2)18(14-16)19-6-5-11-22(19)15-17-8-10-21(28-17)29(24,25)23-12-3-4-13-23/h7-10,14,19H,3-6,11-13,15H2,1-2H3. The van der Waals surface area contributed by atoms with Crippen LogP contribution in [0.4, 0.5) is 0 Å². The summed E-state index contributed by atoms with van der Waals surface area (Å²) in [5.41, 5.74) is 1.08. The Labute approximate surface area is 172 Å². The zero-order chi connectivity index (χ0) is 20.4.